The van der Waals surface area contributed by atoms with Gasteiger partial charge in [-0.2, -0.15) is 0 Å². The lowest BCUT2D eigenvalue weighted by Gasteiger charge is -2.16. The van der Waals surface area contributed by atoms with Crippen molar-refractivity contribution in [3.8, 4) is 0 Å². The summed E-state index contributed by atoms with van der Waals surface area (Å²) in [4.78, 5) is 12.2. The Kier molecular flexibility index (Phi) is 7.06. The van der Waals surface area contributed by atoms with E-state index in [-0.39, 0.29) is 24.4 Å². The minimum absolute atomic E-state index is 0. The highest BCUT2D eigenvalue weighted by atomic mass is 35.5. The Morgan fingerprint density at radius 2 is 2.00 bits per heavy atom. The van der Waals surface area contributed by atoms with E-state index in [1.54, 1.807) is 24.3 Å². The highest BCUT2D eigenvalue weighted by molar-refractivity contribution is 6.31. The van der Waals surface area contributed by atoms with Gasteiger partial charge in [0.15, 0.2) is 0 Å². The van der Waals surface area contributed by atoms with Gasteiger partial charge in [-0.25, -0.2) is 0 Å². The zero-order valence-electron chi connectivity index (χ0n) is 13.1. The van der Waals surface area contributed by atoms with Crippen LogP contribution in [0.3, 0.4) is 0 Å². The molecule has 2 N–H and O–H groups in total. The van der Waals surface area contributed by atoms with Crippen molar-refractivity contribution in [1.82, 2.24) is 5.32 Å². The van der Waals surface area contributed by atoms with Crippen molar-refractivity contribution in [2.75, 3.05) is 25.0 Å². The van der Waals surface area contributed by atoms with Crippen molar-refractivity contribution in [3.63, 3.8) is 0 Å². The monoisotopic (exact) mass is 366 g/mol. The molecular formula is C18H20Cl2N2O2. The third kappa shape index (κ3) is 4.95. The van der Waals surface area contributed by atoms with Crippen molar-refractivity contribution in [2.24, 2.45) is 0 Å². The van der Waals surface area contributed by atoms with Crippen LogP contribution in [0.4, 0.5) is 5.69 Å². The van der Waals surface area contributed by atoms with Gasteiger partial charge in [0.05, 0.1) is 6.10 Å². The molecule has 128 valence electrons. The molecule has 4 nitrogen and oxygen atoms in total. The number of rotatable bonds is 3. The standard InChI is InChI=1S/C18H19ClN2O2.ClH/c19-15-4-1-3-14(11-15)18(22)21-16-7-5-13(6-8-16)17-12-20-9-2-10-23-17;/h1,3-8,11,17,20H,2,9-10,12H2,(H,21,22);1H. The van der Waals surface area contributed by atoms with E-state index in [2.05, 4.69) is 10.6 Å². The third-order valence-corrected chi connectivity index (χ3v) is 4.01. The van der Waals surface area contributed by atoms with Crippen LogP contribution in [-0.2, 0) is 4.74 Å². The highest BCUT2D eigenvalue weighted by Crippen LogP contribution is 2.21. The number of amides is 1. The van der Waals surface area contributed by atoms with Gasteiger partial charge in [0.2, 0.25) is 0 Å². The first-order chi connectivity index (χ1) is 11.2. The molecular weight excluding hydrogens is 347 g/mol. The van der Waals surface area contributed by atoms with E-state index >= 15 is 0 Å². The molecule has 1 fully saturated rings. The molecule has 1 unspecified atom stereocenters. The molecule has 0 saturated carbocycles. The van der Waals surface area contributed by atoms with Gasteiger partial charge in [0.1, 0.15) is 0 Å². The normalized spacial score (nSPS) is 17.5. The van der Waals surface area contributed by atoms with Crippen LogP contribution in [-0.4, -0.2) is 25.6 Å². The number of ether oxygens (including phenoxy) is 1. The van der Waals surface area contributed by atoms with E-state index < -0.39 is 0 Å². The predicted molar refractivity (Wildman–Crippen MR) is 99.3 cm³/mol. The summed E-state index contributed by atoms with van der Waals surface area (Å²) in [6.45, 7) is 2.57. The second-order valence-electron chi connectivity index (χ2n) is 5.50. The Hall–Kier alpha value is -1.59. The summed E-state index contributed by atoms with van der Waals surface area (Å²) in [7, 11) is 0. The highest BCUT2D eigenvalue weighted by Gasteiger charge is 2.14. The summed E-state index contributed by atoms with van der Waals surface area (Å²) in [5.41, 5.74) is 2.40. The van der Waals surface area contributed by atoms with Crippen LogP contribution in [0.2, 0.25) is 5.02 Å². The Labute approximate surface area is 153 Å². The molecule has 0 spiro atoms. The van der Waals surface area contributed by atoms with Crippen molar-refractivity contribution in [2.45, 2.75) is 12.5 Å². The average molecular weight is 367 g/mol. The van der Waals surface area contributed by atoms with Crippen LogP contribution in [0.5, 0.6) is 0 Å². The number of carbonyl (C=O) groups excluding carboxylic acids is 1. The lowest BCUT2D eigenvalue weighted by Crippen LogP contribution is -2.20. The van der Waals surface area contributed by atoms with E-state index in [1.165, 1.54) is 0 Å². The molecule has 1 heterocycles. The van der Waals surface area contributed by atoms with Crippen LogP contribution < -0.4 is 10.6 Å². The minimum Gasteiger partial charge on any atom is -0.372 e. The number of hydrogen-bond donors (Lipinski definition) is 2. The number of carbonyl (C=O) groups is 1. The van der Waals surface area contributed by atoms with E-state index in [1.807, 2.05) is 24.3 Å². The Balaban J connectivity index is 0.00000208. The average Bonchev–Trinajstić information content (AvgIpc) is 2.85. The van der Waals surface area contributed by atoms with Gasteiger partial charge < -0.3 is 15.4 Å². The summed E-state index contributed by atoms with van der Waals surface area (Å²) >= 11 is 5.91. The summed E-state index contributed by atoms with van der Waals surface area (Å²) in [6.07, 6.45) is 1.10. The van der Waals surface area contributed by atoms with Gasteiger partial charge in [-0.1, -0.05) is 29.8 Å². The maximum atomic E-state index is 12.2. The van der Waals surface area contributed by atoms with Gasteiger partial charge in [0.25, 0.3) is 5.91 Å². The SMILES string of the molecule is Cl.O=C(Nc1ccc(C2CNCCCO2)cc1)c1cccc(Cl)c1. The Bertz CT molecular complexity index is 669. The molecule has 1 amide bonds. The largest absolute Gasteiger partial charge is 0.372 e. The molecule has 1 saturated heterocycles. The fourth-order valence-electron chi connectivity index (χ4n) is 2.54. The molecule has 0 aromatic heterocycles. The van der Waals surface area contributed by atoms with Crippen LogP contribution >= 0.6 is 24.0 Å². The molecule has 3 rings (SSSR count). The first kappa shape index (κ1) is 18.7. The molecule has 2 aromatic rings. The van der Waals surface area contributed by atoms with Crippen molar-refractivity contribution < 1.29 is 9.53 Å². The fourth-order valence-corrected chi connectivity index (χ4v) is 2.73. The molecule has 1 atom stereocenters. The van der Waals surface area contributed by atoms with Crippen LogP contribution in [0.1, 0.15) is 28.4 Å². The summed E-state index contributed by atoms with van der Waals surface area (Å²) in [5.74, 6) is -0.173. The summed E-state index contributed by atoms with van der Waals surface area (Å²) < 4.78 is 5.83. The fraction of sp³-hybridized carbons (Fsp3) is 0.278. The van der Waals surface area contributed by atoms with E-state index in [9.17, 15) is 4.79 Å². The van der Waals surface area contributed by atoms with Crippen LogP contribution in [0.15, 0.2) is 48.5 Å². The lowest BCUT2D eigenvalue weighted by atomic mass is 10.1. The van der Waals surface area contributed by atoms with E-state index in [0.717, 1.165) is 37.4 Å². The molecule has 0 bridgehead atoms. The van der Waals surface area contributed by atoms with Gasteiger partial charge >= 0.3 is 0 Å². The number of nitrogens with one attached hydrogen (secondary N) is 2. The molecule has 1 aliphatic rings. The van der Waals surface area contributed by atoms with Gasteiger partial charge in [-0.15, -0.1) is 12.4 Å². The van der Waals surface area contributed by atoms with Gasteiger partial charge in [-0.3, -0.25) is 4.79 Å². The quantitative estimate of drug-likeness (QED) is 0.860. The first-order valence-corrected chi connectivity index (χ1v) is 8.09. The van der Waals surface area contributed by atoms with Crippen molar-refractivity contribution in [3.05, 3.63) is 64.7 Å². The molecule has 0 aliphatic carbocycles. The number of benzene rings is 2. The summed E-state index contributed by atoms with van der Waals surface area (Å²) in [5, 5.41) is 6.78. The zero-order valence-corrected chi connectivity index (χ0v) is 14.7. The lowest BCUT2D eigenvalue weighted by molar-refractivity contribution is 0.0669. The molecule has 1 aliphatic heterocycles. The third-order valence-electron chi connectivity index (χ3n) is 3.77. The number of anilines is 1. The zero-order chi connectivity index (χ0) is 16.1. The molecule has 2 aromatic carbocycles. The smallest absolute Gasteiger partial charge is 0.255 e. The second-order valence-corrected chi connectivity index (χ2v) is 5.94. The topological polar surface area (TPSA) is 50.4 Å². The van der Waals surface area contributed by atoms with E-state index in [0.29, 0.717) is 10.6 Å². The molecule has 6 heteroatoms. The van der Waals surface area contributed by atoms with Crippen molar-refractivity contribution >= 4 is 35.6 Å². The molecule has 0 radical (unpaired) electrons. The summed E-state index contributed by atoms with van der Waals surface area (Å²) in [6, 6.07) is 14.7. The minimum atomic E-state index is -0.173. The Morgan fingerprint density at radius 1 is 1.21 bits per heavy atom. The first-order valence-electron chi connectivity index (χ1n) is 7.71. The maximum absolute atomic E-state index is 12.2. The maximum Gasteiger partial charge on any atom is 0.255 e. The van der Waals surface area contributed by atoms with Crippen LogP contribution in [0, 0.1) is 0 Å². The number of hydrogen-bond acceptors (Lipinski definition) is 3. The second kappa shape index (κ2) is 9.04. The Morgan fingerprint density at radius 3 is 2.75 bits per heavy atom. The molecule has 24 heavy (non-hydrogen) atoms. The number of halogens is 2. The van der Waals surface area contributed by atoms with Crippen molar-refractivity contribution in [1.29, 1.82) is 0 Å². The van der Waals surface area contributed by atoms with Crippen LogP contribution in [0.25, 0.3) is 0 Å². The van der Waals surface area contributed by atoms with Gasteiger partial charge in [-0.05, 0) is 48.9 Å². The van der Waals surface area contributed by atoms with Gasteiger partial charge in [0, 0.05) is 29.4 Å². The van der Waals surface area contributed by atoms with E-state index in [4.69, 9.17) is 16.3 Å². The predicted octanol–water partition coefficient (Wildman–Crippen LogP) is 4.07.